The quantitative estimate of drug-likeness (QED) is 0.734. The van der Waals surface area contributed by atoms with Gasteiger partial charge in [-0.25, -0.2) is 0 Å². The lowest BCUT2D eigenvalue weighted by Gasteiger charge is -2.12. The zero-order valence-corrected chi connectivity index (χ0v) is 8.95. The number of aliphatic hydroxyl groups is 1. The molecule has 1 rings (SSSR count). The van der Waals surface area contributed by atoms with Crippen LogP contribution < -0.4 is 0 Å². The second-order valence-electron chi connectivity index (χ2n) is 3.86. The SMILES string of the molecule is CCCC(CO)CCc1ccccc1. The van der Waals surface area contributed by atoms with Gasteiger partial charge in [-0.1, -0.05) is 43.7 Å². The summed E-state index contributed by atoms with van der Waals surface area (Å²) in [5.41, 5.74) is 1.38. The Labute approximate surface area is 86.8 Å². The van der Waals surface area contributed by atoms with Crippen LogP contribution in [0.25, 0.3) is 0 Å². The number of rotatable bonds is 6. The van der Waals surface area contributed by atoms with Crippen LogP contribution in [0.4, 0.5) is 0 Å². The summed E-state index contributed by atoms with van der Waals surface area (Å²) in [5.74, 6) is 0.486. The van der Waals surface area contributed by atoms with Gasteiger partial charge in [0.15, 0.2) is 0 Å². The van der Waals surface area contributed by atoms with Gasteiger partial charge in [-0.05, 0) is 30.7 Å². The fourth-order valence-electron chi connectivity index (χ4n) is 1.75. The van der Waals surface area contributed by atoms with Crippen LogP contribution in [0.15, 0.2) is 30.3 Å². The monoisotopic (exact) mass is 192 g/mol. The molecule has 1 N–H and O–H groups in total. The van der Waals surface area contributed by atoms with E-state index < -0.39 is 0 Å². The molecule has 0 radical (unpaired) electrons. The van der Waals surface area contributed by atoms with Crippen molar-refractivity contribution in [2.24, 2.45) is 5.92 Å². The van der Waals surface area contributed by atoms with Gasteiger partial charge in [0.05, 0.1) is 0 Å². The molecule has 0 heterocycles. The molecule has 0 bridgehead atoms. The molecule has 0 aliphatic carbocycles. The molecule has 0 aromatic heterocycles. The van der Waals surface area contributed by atoms with Gasteiger partial charge in [-0.2, -0.15) is 0 Å². The van der Waals surface area contributed by atoms with Crippen LogP contribution >= 0.6 is 0 Å². The summed E-state index contributed by atoms with van der Waals surface area (Å²) in [5, 5.41) is 9.14. The second-order valence-corrected chi connectivity index (χ2v) is 3.86. The summed E-state index contributed by atoms with van der Waals surface area (Å²) >= 11 is 0. The summed E-state index contributed by atoms with van der Waals surface area (Å²) in [6.07, 6.45) is 4.50. The molecule has 0 aliphatic rings. The summed E-state index contributed by atoms with van der Waals surface area (Å²) in [6.45, 7) is 2.51. The van der Waals surface area contributed by atoms with E-state index in [1.807, 2.05) is 6.07 Å². The zero-order valence-electron chi connectivity index (χ0n) is 8.95. The molecule has 0 saturated carbocycles. The highest BCUT2D eigenvalue weighted by molar-refractivity contribution is 5.14. The van der Waals surface area contributed by atoms with Crippen molar-refractivity contribution < 1.29 is 5.11 Å². The average Bonchev–Trinajstić information content (AvgIpc) is 2.25. The van der Waals surface area contributed by atoms with E-state index >= 15 is 0 Å². The molecule has 1 unspecified atom stereocenters. The summed E-state index contributed by atoms with van der Waals surface area (Å²) in [4.78, 5) is 0. The standard InChI is InChI=1S/C13H20O/c1-2-6-13(11-14)10-9-12-7-4-3-5-8-12/h3-5,7-8,13-14H,2,6,9-11H2,1H3. The molecular formula is C13H20O. The first-order chi connectivity index (χ1) is 6.86. The largest absolute Gasteiger partial charge is 0.396 e. The first-order valence-corrected chi connectivity index (χ1v) is 5.51. The van der Waals surface area contributed by atoms with Crippen molar-refractivity contribution in [1.82, 2.24) is 0 Å². The molecule has 0 fully saturated rings. The van der Waals surface area contributed by atoms with Gasteiger partial charge in [-0.3, -0.25) is 0 Å². The molecule has 0 spiro atoms. The number of benzene rings is 1. The number of aliphatic hydroxyl groups excluding tert-OH is 1. The van der Waals surface area contributed by atoms with Gasteiger partial charge in [0.2, 0.25) is 0 Å². The fraction of sp³-hybridized carbons (Fsp3) is 0.538. The summed E-state index contributed by atoms with van der Waals surface area (Å²) < 4.78 is 0. The van der Waals surface area contributed by atoms with Crippen molar-refractivity contribution in [1.29, 1.82) is 0 Å². The highest BCUT2D eigenvalue weighted by Gasteiger charge is 2.05. The van der Waals surface area contributed by atoms with Gasteiger partial charge >= 0.3 is 0 Å². The van der Waals surface area contributed by atoms with Crippen LogP contribution in [0, 0.1) is 5.92 Å². The summed E-state index contributed by atoms with van der Waals surface area (Å²) in [6, 6.07) is 10.5. The number of aryl methyl sites for hydroxylation is 1. The van der Waals surface area contributed by atoms with E-state index in [1.165, 1.54) is 12.0 Å². The molecular weight excluding hydrogens is 172 g/mol. The maximum Gasteiger partial charge on any atom is 0.0459 e. The Morgan fingerprint density at radius 3 is 2.43 bits per heavy atom. The van der Waals surface area contributed by atoms with Crippen LogP contribution in [0.5, 0.6) is 0 Å². The van der Waals surface area contributed by atoms with Crippen molar-refractivity contribution in [3.63, 3.8) is 0 Å². The molecule has 0 amide bonds. The molecule has 0 aliphatic heterocycles. The smallest absolute Gasteiger partial charge is 0.0459 e. The Morgan fingerprint density at radius 1 is 1.14 bits per heavy atom. The third-order valence-electron chi connectivity index (χ3n) is 2.64. The Hall–Kier alpha value is -0.820. The van der Waals surface area contributed by atoms with Crippen LogP contribution in [0.3, 0.4) is 0 Å². The zero-order chi connectivity index (χ0) is 10.2. The van der Waals surface area contributed by atoms with Gasteiger partial charge in [-0.15, -0.1) is 0 Å². The topological polar surface area (TPSA) is 20.2 Å². The molecule has 1 atom stereocenters. The Morgan fingerprint density at radius 2 is 1.86 bits per heavy atom. The third-order valence-corrected chi connectivity index (χ3v) is 2.64. The van der Waals surface area contributed by atoms with Gasteiger partial charge in [0.25, 0.3) is 0 Å². The van der Waals surface area contributed by atoms with Crippen molar-refractivity contribution >= 4 is 0 Å². The lowest BCUT2D eigenvalue weighted by atomic mass is 9.96. The van der Waals surface area contributed by atoms with Crippen LogP contribution in [-0.4, -0.2) is 11.7 Å². The molecule has 1 nitrogen and oxygen atoms in total. The average molecular weight is 192 g/mol. The Kier molecular flexibility index (Phi) is 5.31. The van der Waals surface area contributed by atoms with Crippen molar-refractivity contribution in [3.8, 4) is 0 Å². The molecule has 0 saturated heterocycles. The molecule has 14 heavy (non-hydrogen) atoms. The van der Waals surface area contributed by atoms with Crippen molar-refractivity contribution in [2.45, 2.75) is 32.6 Å². The second kappa shape index (κ2) is 6.61. The first kappa shape index (κ1) is 11.3. The Balaban J connectivity index is 2.32. The maximum atomic E-state index is 9.14. The van der Waals surface area contributed by atoms with E-state index in [-0.39, 0.29) is 0 Å². The van der Waals surface area contributed by atoms with E-state index in [9.17, 15) is 0 Å². The van der Waals surface area contributed by atoms with E-state index in [0.717, 1.165) is 19.3 Å². The van der Waals surface area contributed by atoms with Crippen LogP contribution in [-0.2, 0) is 6.42 Å². The molecule has 1 heteroatoms. The minimum atomic E-state index is 0.334. The maximum absolute atomic E-state index is 9.14. The minimum Gasteiger partial charge on any atom is -0.396 e. The fourth-order valence-corrected chi connectivity index (χ4v) is 1.75. The lowest BCUT2D eigenvalue weighted by Crippen LogP contribution is -2.06. The molecule has 1 aromatic carbocycles. The van der Waals surface area contributed by atoms with E-state index in [1.54, 1.807) is 0 Å². The highest BCUT2D eigenvalue weighted by Crippen LogP contribution is 2.14. The summed E-state index contributed by atoms with van der Waals surface area (Å²) in [7, 11) is 0. The predicted octanol–water partition coefficient (Wildman–Crippen LogP) is 3.03. The van der Waals surface area contributed by atoms with E-state index in [0.29, 0.717) is 12.5 Å². The highest BCUT2D eigenvalue weighted by atomic mass is 16.3. The van der Waals surface area contributed by atoms with Gasteiger partial charge in [0.1, 0.15) is 0 Å². The molecule has 78 valence electrons. The third kappa shape index (κ3) is 3.93. The van der Waals surface area contributed by atoms with E-state index in [2.05, 4.69) is 31.2 Å². The van der Waals surface area contributed by atoms with Crippen LogP contribution in [0.2, 0.25) is 0 Å². The Bertz CT molecular complexity index is 230. The van der Waals surface area contributed by atoms with Crippen LogP contribution in [0.1, 0.15) is 31.7 Å². The van der Waals surface area contributed by atoms with E-state index in [4.69, 9.17) is 5.11 Å². The van der Waals surface area contributed by atoms with Gasteiger partial charge in [0, 0.05) is 6.61 Å². The van der Waals surface area contributed by atoms with Crippen molar-refractivity contribution in [2.75, 3.05) is 6.61 Å². The minimum absolute atomic E-state index is 0.334. The predicted molar refractivity (Wildman–Crippen MR) is 60.2 cm³/mol. The van der Waals surface area contributed by atoms with Crippen molar-refractivity contribution in [3.05, 3.63) is 35.9 Å². The lowest BCUT2D eigenvalue weighted by molar-refractivity contribution is 0.210. The number of hydrogen-bond acceptors (Lipinski definition) is 1. The normalized spacial score (nSPS) is 12.7. The van der Waals surface area contributed by atoms with Gasteiger partial charge < -0.3 is 5.11 Å². The first-order valence-electron chi connectivity index (χ1n) is 5.51. The number of hydrogen-bond donors (Lipinski definition) is 1. The molecule has 1 aromatic rings.